The van der Waals surface area contributed by atoms with Gasteiger partial charge in [0.15, 0.2) is 5.75 Å². The Morgan fingerprint density at radius 3 is 2.22 bits per heavy atom. The van der Waals surface area contributed by atoms with Crippen LogP contribution in [0.5, 0.6) is 5.75 Å². The number of anilines is 2. The van der Waals surface area contributed by atoms with Crippen LogP contribution < -0.4 is 14.5 Å². The molecule has 1 aliphatic carbocycles. The maximum Gasteiger partial charge on any atom is 0.413 e. The van der Waals surface area contributed by atoms with Crippen molar-refractivity contribution in [2.75, 3.05) is 16.9 Å². The second-order valence-corrected chi connectivity index (χ2v) is 15.1. The number of fused-ring (bicyclic) bond motifs is 3. The fraction of sp³-hybridized carbons (Fsp3) is 0.188. The summed E-state index contributed by atoms with van der Waals surface area (Å²) in [6.45, 7) is 0. The highest BCUT2D eigenvalue weighted by Crippen LogP contribution is 2.61. The van der Waals surface area contributed by atoms with E-state index in [2.05, 4.69) is 9.88 Å². The highest BCUT2D eigenvalue weighted by molar-refractivity contribution is 6.17. The number of nitrogens with zero attached hydrogens (tertiary/aromatic N) is 4. The smallest absolute Gasteiger partial charge is 0.413 e. The van der Waals surface area contributed by atoms with E-state index in [0.29, 0.717) is 50.5 Å². The van der Waals surface area contributed by atoms with Gasteiger partial charge in [0.1, 0.15) is 11.9 Å². The van der Waals surface area contributed by atoms with Crippen molar-refractivity contribution in [2.24, 2.45) is 0 Å². The second kappa shape index (κ2) is 15.2. The van der Waals surface area contributed by atoms with E-state index in [4.69, 9.17) is 9.72 Å². The molecule has 3 heterocycles. The summed E-state index contributed by atoms with van der Waals surface area (Å²) < 4.78 is 6.31. The zero-order valence-corrected chi connectivity index (χ0v) is 32.2. The Kier molecular flexibility index (Phi) is 9.64. The Bertz CT molecular complexity index is 2800. The van der Waals surface area contributed by atoms with E-state index in [-0.39, 0.29) is 29.3 Å². The molecule has 11 heteroatoms. The molecule has 2 aliphatic rings. The molecule has 9 rings (SSSR count). The predicted molar refractivity (Wildman–Crippen MR) is 227 cm³/mol. The van der Waals surface area contributed by atoms with Crippen molar-refractivity contribution < 1.29 is 34.4 Å². The average molecular weight is 785 g/mol. The Labute approximate surface area is 339 Å². The standard InChI is InChI=1S/C48H40N4O7/c1-59-45-41(29-11-4-2-5-12-29)42(47(55)56)40(33-18-20-36-31(26-33)14-9-23-49-36)43-44(45)51(35-15-6-3-7-16-35)46(52(43)48(57)58)34-19-22-38-32(27-34)17-21-37(50-38)30-13-8-10-28(24-30)25-39(53)54/h2,4-5,8-14,17-24,26-27,35,46H,3,6-7,15-16,25H2,1H3,(H,53,54)(H,55,56)(H,57,58). The van der Waals surface area contributed by atoms with E-state index in [9.17, 15) is 29.7 Å². The first-order valence-electron chi connectivity index (χ1n) is 19.7. The molecule has 1 fully saturated rings. The summed E-state index contributed by atoms with van der Waals surface area (Å²) in [7, 11) is 1.52. The van der Waals surface area contributed by atoms with E-state index in [0.717, 1.165) is 54.0 Å². The van der Waals surface area contributed by atoms with Crippen LogP contribution >= 0.6 is 0 Å². The fourth-order valence-electron chi connectivity index (χ4n) is 9.08. The highest BCUT2D eigenvalue weighted by atomic mass is 16.5. The fourth-order valence-corrected chi connectivity index (χ4v) is 9.08. The number of ether oxygens (including phenoxy) is 1. The molecule has 0 spiro atoms. The van der Waals surface area contributed by atoms with E-state index in [1.807, 2.05) is 109 Å². The van der Waals surface area contributed by atoms with Crippen molar-refractivity contribution in [1.82, 2.24) is 9.97 Å². The molecular weight excluding hydrogens is 745 g/mol. The Hall–Kier alpha value is -7.27. The van der Waals surface area contributed by atoms with Crippen molar-refractivity contribution >= 4 is 51.2 Å². The summed E-state index contributed by atoms with van der Waals surface area (Å²) in [5, 5.41) is 33.6. The third-order valence-corrected chi connectivity index (χ3v) is 11.5. The molecule has 59 heavy (non-hydrogen) atoms. The minimum atomic E-state index is -1.24. The number of carboxylic acids is 2. The molecule has 1 atom stereocenters. The second-order valence-electron chi connectivity index (χ2n) is 15.1. The Balaban J connectivity index is 1.30. The minimum absolute atomic E-state index is 0.0619. The van der Waals surface area contributed by atoms with Crippen LogP contribution in [-0.2, 0) is 11.2 Å². The van der Waals surface area contributed by atoms with E-state index >= 15 is 0 Å². The van der Waals surface area contributed by atoms with Gasteiger partial charge in [0, 0.05) is 39.7 Å². The lowest BCUT2D eigenvalue weighted by Crippen LogP contribution is -2.44. The number of pyridine rings is 2. The maximum absolute atomic E-state index is 14.0. The number of carbonyl (C=O) groups is 3. The van der Waals surface area contributed by atoms with Gasteiger partial charge < -0.3 is 25.0 Å². The zero-order chi connectivity index (χ0) is 40.8. The lowest BCUT2D eigenvalue weighted by molar-refractivity contribution is -0.136. The van der Waals surface area contributed by atoms with Gasteiger partial charge >= 0.3 is 18.0 Å². The number of carboxylic acid groups (broad SMARTS) is 3. The SMILES string of the molecule is COc1c(-c2ccccc2)c(C(=O)O)c(-c2ccc3ncccc3c2)c2c1N(C1CCCCC1)C(c1ccc3nc(-c4cccc(CC(=O)O)c4)ccc3c1)N2C(=O)O. The number of methoxy groups -OCH3 is 1. The van der Waals surface area contributed by atoms with Crippen molar-refractivity contribution in [3.05, 3.63) is 138 Å². The van der Waals surface area contributed by atoms with Crippen molar-refractivity contribution in [3.8, 4) is 39.3 Å². The molecule has 1 amide bonds. The first kappa shape index (κ1) is 37.3. The quantitative estimate of drug-likeness (QED) is 0.129. The van der Waals surface area contributed by atoms with E-state index < -0.39 is 24.2 Å². The topological polar surface area (TPSA) is 153 Å². The van der Waals surface area contributed by atoms with Crippen LogP contribution in [0, 0.1) is 0 Å². The highest BCUT2D eigenvalue weighted by Gasteiger charge is 2.49. The average Bonchev–Trinajstić information content (AvgIpc) is 3.62. The lowest BCUT2D eigenvalue weighted by atomic mass is 9.87. The first-order chi connectivity index (χ1) is 28.7. The van der Waals surface area contributed by atoms with Crippen LogP contribution in [-0.4, -0.2) is 56.5 Å². The Morgan fingerprint density at radius 1 is 0.712 bits per heavy atom. The van der Waals surface area contributed by atoms with Crippen LogP contribution in [0.3, 0.4) is 0 Å². The molecular formula is C48H40N4O7. The van der Waals surface area contributed by atoms with Crippen molar-refractivity contribution in [3.63, 3.8) is 0 Å². The van der Waals surface area contributed by atoms with Crippen LogP contribution in [0.25, 0.3) is 55.3 Å². The van der Waals surface area contributed by atoms with E-state index in [1.54, 1.807) is 12.3 Å². The molecule has 0 radical (unpaired) electrons. The van der Waals surface area contributed by atoms with Gasteiger partial charge in [-0.1, -0.05) is 92.1 Å². The summed E-state index contributed by atoms with van der Waals surface area (Å²) in [6.07, 6.45) is 4.08. The van der Waals surface area contributed by atoms with Gasteiger partial charge in [0.05, 0.1) is 41.5 Å². The third kappa shape index (κ3) is 6.64. The molecule has 1 unspecified atom stereocenters. The van der Waals surface area contributed by atoms with Gasteiger partial charge in [0.2, 0.25) is 0 Å². The summed E-state index contributed by atoms with van der Waals surface area (Å²) in [6, 6.07) is 35.3. The largest absolute Gasteiger partial charge is 0.494 e. The van der Waals surface area contributed by atoms with E-state index in [1.165, 1.54) is 12.0 Å². The molecule has 7 aromatic rings. The van der Waals surface area contributed by atoms with Crippen molar-refractivity contribution in [1.29, 1.82) is 0 Å². The Morgan fingerprint density at radius 2 is 1.47 bits per heavy atom. The molecule has 3 N–H and O–H groups in total. The van der Waals surface area contributed by atoms with Gasteiger partial charge in [0.25, 0.3) is 0 Å². The number of aromatic nitrogens is 2. The van der Waals surface area contributed by atoms with Gasteiger partial charge in [-0.15, -0.1) is 0 Å². The number of rotatable bonds is 9. The third-order valence-electron chi connectivity index (χ3n) is 11.5. The summed E-state index contributed by atoms with van der Waals surface area (Å²) in [4.78, 5) is 52.1. The maximum atomic E-state index is 14.0. The van der Waals surface area contributed by atoms with Gasteiger partial charge in [-0.2, -0.15) is 0 Å². The van der Waals surface area contributed by atoms with Crippen LogP contribution in [0.4, 0.5) is 16.2 Å². The zero-order valence-electron chi connectivity index (χ0n) is 32.2. The van der Waals surface area contributed by atoms with Crippen LogP contribution in [0.15, 0.2) is 121 Å². The number of hydrogen-bond donors (Lipinski definition) is 3. The monoisotopic (exact) mass is 784 g/mol. The summed E-state index contributed by atoms with van der Waals surface area (Å²) >= 11 is 0. The number of hydrogen-bond acceptors (Lipinski definition) is 7. The number of benzene rings is 5. The molecule has 1 saturated carbocycles. The summed E-state index contributed by atoms with van der Waals surface area (Å²) in [5.74, 6) is -1.83. The van der Waals surface area contributed by atoms with Gasteiger partial charge in [-0.25, -0.2) is 19.5 Å². The van der Waals surface area contributed by atoms with Gasteiger partial charge in [-0.3, -0.25) is 9.78 Å². The minimum Gasteiger partial charge on any atom is -0.494 e. The molecule has 0 saturated heterocycles. The number of aromatic carboxylic acids is 1. The molecule has 294 valence electrons. The molecule has 0 bridgehead atoms. The van der Waals surface area contributed by atoms with Crippen molar-refractivity contribution in [2.45, 2.75) is 50.7 Å². The molecule has 2 aromatic heterocycles. The molecule has 1 aliphatic heterocycles. The predicted octanol–water partition coefficient (Wildman–Crippen LogP) is 10.5. The first-order valence-corrected chi connectivity index (χ1v) is 19.7. The number of amides is 1. The van der Waals surface area contributed by atoms with Crippen LogP contribution in [0.2, 0.25) is 0 Å². The van der Waals surface area contributed by atoms with Crippen LogP contribution in [0.1, 0.15) is 59.8 Å². The molecule has 5 aromatic carbocycles. The number of aliphatic carboxylic acids is 1. The van der Waals surface area contributed by atoms with Gasteiger partial charge in [-0.05, 0) is 77.6 Å². The normalized spacial score (nSPS) is 15.4. The summed E-state index contributed by atoms with van der Waals surface area (Å²) in [5.41, 5.74) is 6.76. The molecule has 11 nitrogen and oxygen atoms in total. The lowest BCUT2D eigenvalue weighted by Gasteiger charge is -2.39.